The molecule has 2 heterocycles. The van der Waals surface area contributed by atoms with E-state index in [2.05, 4.69) is 17.2 Å². The van der Waals surface area contributed by atoms with E-state index in [1.54, 1.807) is 24.0 Å². The average molecular weight is 348 g/mol. The van der Waals surface area contributed by atoms with Crippen molar-refractivity contribution in [3.8, 4) is 0 Å². The number of carbonyl (C=O) groups excluding carboxylic acids is 2. The molecule has 0 unspecified atom stereocenters. The summed E-state index contributed by atoms with van der Waals surface area (Å²) < 4.78 is 1.72. The van der Waals surface area contributed by atoms with E-state index in [1.165, 1.54) is 0 Å². The minimum Gasteiger partial charge on any atom is -0.392 e. The molecule has 0 spiro atoms. The zero-order valence-corrected chi connectivity index (χ0v) is 15.2. The third kappa shape index (κ3) is 3.29. The highest BCUT2D eigenvalue weighted by Gasteiger charge is 2.54. The molecule has 2 N–H and O–H groups in total. The van der Waals surface area contributed by atoms with E-state index < -0.39 is 6.10 Å². The van der Waals surface area contributed by atoms with Gasteiger partial charge in [0.15, 0.2) is 0 Å². The zero-order chi connectivity index (χ0) is 18.2. The molecule has 1 saturated carbocycles. The van der Waals surface area contributed by atoms with E-state index in [0.717, 1.165) is 25.7 Å². The van der Waals surface area contributed by atoms with E-state index in [4.69, 9.17) is 0 Å². The first-order valence-corrected chi connectivity index (χ1v) is 9.06. The number of amides is 2. The Kier molecular flexibility index (Phi) is 4.86. The Morgan fingerprint density at radius 1 is 1.40 bits per heavy atom. The van der Waals surface area contributed by atoms with Crippen molar-refractivity contribution in [2.45, 2.75) is 64.1 Å². The second-order valence-electron chi connectivity index (χ2n) is 7.74. The van der Waals surface area contributed by atoms with Crippen molar-refractivity contribution in [1.82, 2.24) is 19.8 Å². The van der Waals surface area contributed by atoms with Crippen molar-refractivity contribution in [2.75, 3.05) is 6.54 Å². The first kappa shape index (κ1) is 17.9. The lowest BCUT2D eigenvalue weighted by atomic mass is 9.75. The molecular weight excluding hydrogens is 320 g/mol. The fraction of sp³-hybridized carbons (Fsp3) is 0.722. The van der Waals surface area contributed by atoms with Crippen LogP contribution in [0.1, 0.15) is 56.4 Å². The molecule has 4 atom stereocenters. The molecule has 7 nitrogen and oxygen atoms in total. The maximum atomic E-state index is 12.3. The highest BCUT2D eigenvalue weighted by Crippen LogP contribution is 2.48. The topological polar surface area (TPSA) is 87.5 Å². The van der Waals surface area contributed by atoms with E-state index in [-0.39, 0.29) is 29.3 Å². The lowest BCUT2D eigenvalue weighted by molar-refractivity contribution is -0.133. The van der Waals surface area contributed by atoms with E-state index in [1.807, 2.05) is 11.9 Å². The molecule has 2 aliphatic rings. The van der Waals surface area contributed by atoms with Crippen LogP contribution in [0.5, 0.6) is 0 Å². The summed E-state index contributed by atoms with van der Waals surface area (Å²) in [6, 6.07) is -0.0489. The van der Waals surface area contributed by atoms with Crippen molar-refractivity contribution < 1.29 is 14.7 Å². The average Bonchev–Trinajstić information content (AvgIpc) is 3.07. The van der Waals surface area contributed by atoms with Crippen LogP contribution in [0.15, 0.2) is 12.5 Å². The van der Waals surface area contributed by atoms with Gasteiger partial charge in [-0.2, -0.15) is 0 Å². The Hall–Kier alpha value is -1.89. The number of carbonyl (C=O) groups is 2. The minimum absolute atomic E-state index is 0.0138. The molecule has 0 aromatic carbocycles. The van der Waals surface area contributed by atoms with Crippen molar-refractivity contribution >= 4 is 11.8 Å². The van der Waals surface area contributed by atoms with Gasteiger partial charge in [-0.25, -0.2) is 4.98 Å². The van der Waals surface area contributed by atoms with E-state index in [9.17, 15) is 14.7 Å². The highest BCUT2D eigenvalue weighted by molar-refractivity contribution is 5.92. The maximum absolute atomic E-state index is 12.3. The van der Waals surface area contributed by atoms with Gasteiger partial charge in [0.1, 0.15) is 5.69 Å². The molecule has 3 rings (SSSR count). The third-order valence-electron chi connectivity index (χ3n) is 5.93. The molecule has 25 heavy (non-hydrogen) atoms. The molecule has 2 amide bonds. The van der Waals surface area contributed by atoms with Crippen LogP contribution in [-0.4, -0.2) is 56.1 Å². The molecule has 1 aliphatic heterocycles. The summed E-state index contributed by atoms with van der Waals surface area (Å²) in [6.07, 6.45) is 7.28. The summed E-state index contributed by atoms with van der Waals surface area (Å²) in [7, 11) is 1.81. The fourth-order valence-corrected chi connectivity index (χ4v) is 4.62. The van der Waals surface area contributed by atoms with Crippen LogP contribution in [0.3, 0.4) is 0 Å². The summed E-state index contributed by atoms with van der Waals surface area (Å²) in [5.74, 6) is -0.221. The fourth-order valence-electron chi connectivity index (χ4n) is 4.62. The highest BCUT2D eigenvalue weighted by atomic mass is 16.3. The number of nitrogens with one attached hydrogen (secondary N) is 1. The lowest BCUT2D eigenvalue weighted by Crippen LogP contribution is -2.48. The van der Waals surface area contributed by atoms with Crippen molar-refractivity contribution in [2.24, 2.45) is 12.5 Å². The SMILES string of the molecule is CC(=O)N1[C@@H](CNC(=O)c2cn(C)cn2)C[C@@]2(C)[C@@H](O)CCCC[C@@H]12. The Balaban J connectivity index is 1.74. The van der Waals surface area contributed by atoms with E-state index >= 15 is 0 Å². The van der Waals surface area contributed by atoms with Crippen molar-refractivity contribution in [3.05, 3.63) is 18.2 Å². The van der Waals surface area contributed by atoms with Gasteiger partial charge < -0.3 is 19.9 Å². The minimum atomic E-state index is -0.404. The van der Waals surface area contributed by atoms with Crippen LogP contribution < -0.4 is 5.32 Å². The molecule has 1 aliphatic carbocycles. The van der Waals surface area contributed by atoms with Crippen LogP contribution in [0.2, 0.25) is 0 Å². The maximum Gasteiger partial charge on any atom is 0.271 e. The largest absolute Gasteiger partial charge is 0.392 e. The number of fused-ring (bicyclic) bond motifs is 1. The zero-order valence-electron chi connectivity index (χ0n) is 15.2. The number of nitrogens with zero attached hydrogens (tertiary/aromatic N) is 3. The van der Waals surface area contributed by atoms with Gasteiger partial charge in [-0.1, -0.05) is 19.8 Å². The first-order valence-electron chi connectivity index (χ1n) is 9.06. The third-order valence-corrected chi connectivity index (χ3v) is 5.93. The van der Waals surface area contributed by atoms with Gasteiger partial charge in [-0.05, 0) is 19.3 Å². The van der Waals surface area contributed by atoms with Gasteiger partial charge >= 0.3 is 0 Å². The Morgan fingerprint density at radius 3 is 2.76 bits per heavy atom. The van der Waals surface area contributed by atoms with Gasteiger partial charge in [-0.3, -0.25) is 9.59 Å². The standard InChI is InChI=1S/C18H28N4O3/c1-12(23)22-13(9-19-17(25)14-10-21(3)11-20-14)8-18(2)15(22)6-4-5-7-16(18)24/h10-11,13,15-16,24H,4-9H2,1-3H3,(H,19,25)/t13-,15-,16+,18-/m1/s1. The normalized spacial score (nSPS) is 32.2. The monoisotopic (exact) mass is 348 g/mol. The summed E-state index contributed by atoms with van der Waals surface area (Å²) in [4.78, 5) is 30.5. The number of aliphatic hydroxyl groups excluding tert-OH is 1. The molecule has 2 fully saturated rings. The Labute approximate surface area is 148 Å². The summed E-state index contributed by atoms with van der Waals surface area (Å²) in [5.41, 5.74) is 0.0677. The van der Waals surface area contributed by atoms with Crippen LogP contribution in [-0.2, 0) is 11.8 Å². The number of aromatic nitrogens is 2. The van der Waals surface area contributed by atoms with Crippen LogP contribution in [0, 0.1) is 5.41 Å². The van der Waals surface area contributed by atoms with Gasteiger partial charge in [0.2, 0.25) is 5.91 Å². The molecule has 7 heteroatoms. The number of aryl methyl sites for hydroxylation is 1. The van der Waals surface area contributed by atoms with E-state index in [0.29, 0.717) is 18.7 Å². The summed E-state index contributed by atoms with van der Waals surface area (Å²) in [6.45, 7) is 4.05. The number of hydrogen-bond acceptors (Lipinski definition) is 4. The predicted octanol–water partition coefficient (Wildman–Crippen LogP) is 1.08. The first-order chi connectivity index (χ1) is 11.8. The number of rotatable bonds is 3. The van der Waals surface area contributed by atoms with Crippen LogP contribution in [0.25, 0.3) is 0 Å². The number of likely N-dealkylation sites (tertiary alicyclic amines) is 1. The van der Waals surface area contributed by atoms with Crippen LogP contribution in [0.4, 0.5) is 0 Å². The van der Waals surface area contributed by atoms with Crippen molar-refractivity contribution in [1.29, 1.82) is 0 Å². The number of imidazole rings is 1. The number of aliphatic hydroxyl groups is 1. The molecule has 1 aromatic heterocycles. The van der Waals surface area contributed by atoms with Gasteiger partial charge in [-0.15, -0.1) is 0 Å². The number of hydrogen-bond donors (Lipinski definition) is 2. The Morgan fingerprint density at radius 2 is 2.12 bits per heavy atom. The van der Waals surface area contributed by atoms with Gasteiger partial charge in [0.25, 0.3) is 5.91 Å². The van der Waals surface area contributed by atoms with Gasteiger partial charge in [0.05, 0.1) is 18.5 Å². The second-order valence-corrected chi connectivity index (χ2v) is 7.74. The van der Waals surface area contributed by atoms with Crippen LogP contribution >= 0.6 is 0 Å². The van der Waals surface area contributed by atoms with Gasteiger partial charge in [0, 0.05) is 38.2 Å². The Bertz CT molecular complexity index is 659. The summed E-state index contributed by atoms with van der Waals surface area (Å²) in [5, 5.41) is 13.6. The predicted molar refractivity (Wildman–Crippen MR) is 92.8 cm³/mol. The molecule has 138 valence electrons. The summed E-state index contributed by atoms with van der Waals surface area (Å²) >= 11 is 0. The second kappa shape index (κ2) is 6.78. The quantitative estimate of drug-likeness (QED) is 0.856. The lowest BCUT2D eigenvalue weighted by Gasteiger charge is -2.37. The van der Waals surface area contributed by atoms with Crippen molar-refractivity contribution in [3.63, 3.8) is 0 Å². The molecular formula is C18H28N4O3. The smallest absolute Gasteiger partial charge is 0.271 e. The molecule has 1 saturated heterocycles. The molecule has 1 aromatic rings. The molecule has 0 bridgehead atoms. The molecule has 0 radical (unpaired) electrons.